The molecule has 2 heterocycles. The fourth-order valence-electron chi connectivity index (χ4n) is 2.58. The molecule has 0 saturated heterocycles. The second kappa shape index (κ2) is 8.36. The molecule has 0 aliphatic carbocycles. The van der Waals surface area contributed by atoms with E-state index >= 15 is 0 Å². The van der Waals surface area contributed by atoms with E-state index in [-0.39, 0.29) is 29.2 Å². The zero-order valence-corrected chi connectivity index (χ0v) is 15.5. The molecular formula is C20H15F4N3O3. The maximum Gasteiger partial charge on any atom is 0.433 e. The lowest BCUT2D eigenvalue weighted by molar-refractivity contribution is -0.141. The van der Waals surface area contributed by atoms with Gasteiger partial charge in [-0.3, -0.25) is 9.78 Å². The SMILES string of the molecule is COc1ccc(-c2cc(C(N)=O)ncc2OCc2ccc(C(F)(F)F)nc2)c(F)c1. The molecule has 1 aromatic carbocycles. The second-order valence-corrected chi connectivity index (χ2v) is 6.11. The van der Waals surface area contributed by atoms with Crippen molar-refractivity contribution in [3.05, 3.63) is 71.6 Å². The van der Waals surface area contributed by atoms with Gasteiger partial charge >= 0.3 is 6.18 Å². The van der Waals surface area contributed by atoms with E-state index in [9.17, 15) is 22.4 Å². The van der Waals surface area contributed by atoms with Gasteiger partial charge in [0.1, 0.15) is 35.3 Å². The van der Waals surface area contributed by atoms with Crippen molar-refractivity contribution in [1.82, 2.24) is 9.97 Å². The number of rotatable bonds is 6. The van der Waals surface area contributed by atoms with Crippen LogP contribution in [0.2, 0.25) is 0 Å². The number of aromatic nitrogens is 2. The van der Waals surface area contributed by atoms with Crippen LogP contribution in [0.1, 0.15) is 21.7 Å². The van der Waals surface area contributed by atoms with Crippen LogP contribution in [0.15, 0.2) is 48.8 Å². The zero-order chi connectivity index (χ0) is 21.9. The fraction of sp³-hybridized carbons (Fsp3) is 0.150. The molecule has 30 heavy (non-hydrogen) atoms. The highest BCUT2D eigenvalue weighted by Gasteiger charge is 2.32. The van der Waals surface area contributed by atoms with Crippen LogP contribution in [-0.2, 0) is 12.8 Å². The molecule has 0 radical (unpaired) electrons. The number of nitrogens with zero attached hydrogens (tertiary/aromatic N) is 2. The van der Waals surface area contributed by atoms with Crippen molar-refractivity contribution in [2.24, 2.45) is 5.73 Å². The van der Waals surface area contributed by atoms with Crippen molar-refractivity contribution >= 4 is 5.91 Å². The molecule has 2 N–H and O–H groups in total. The molecule has 3 aromatic rings. The minimum atomic E-state index is -4.55. The van der Waals surface area contributed by atoms with Gasteiger partial charge < -0.3 is 15.2 Å². The van der Waals surface area contributed by atoms with Crippen LogP contribution >= 0.6 is 0 Å². The third-order valence-electron chi connectivity index (χ3n) is 4.10. The second-order valence-electron chi connectivity index (χ2n) is 6.11. The van der Waals surface area contributed by atoms with E-state index < -0.39 is 23.6 Å². The number of halogens is 4. The third-order valence-corrected chi connectivity index (χ3v) is 4.10. The van der Waals surface area contributed by atoms with Gasteiger partial charge in [0.25, 0.3) is 5.91 Å². The van der Waals surface area contributed by atoms with Crippen LogP contribution in [-0.4, -0.2) is 23.0 Å². The van der Waals surface area contributed by atoms with Gasteiger partial charge in [0.05, 0.1) is 13.3 Å². The van der Waals surface area contributed by atoms with Crippen LogP contribution in [0.5, 0.6) is 11.5 Å². The van der Waals surface area contributed by atoms with Gasteiger partial charge in [-0.25, -0.2) is 9.37 Å². The predicted molar refractivity (Wildman–Crippen MR) is 98.3 cm³/mol. The van der Waals surface area contributed by atoms with Gasteiger partial charge in [0.15, 0.2) is 0 Å². The number of nitrogens with two attached hydrogens (primary N) is 1. The molecule has 0 atom stereocenters. The molecule has 3 rings (SSSR count). The Morgan fingerprint density at radius 3 is 2.40 bits per heavy atom. The molecule has 0 fully saturated rings. The van der Waals surface area contributed by atoms with Crippen LogP contribution < -0.4 is 15.2 Å². The molecule has 2 aromatic heterocycles. The number of pyridine rings is 2. The van der Waals surface area contributed by atoms with Crippen molar-refractivity contribution in [2.45, 2.75) is 12.8 Å². The molecule has 0 aliphatic heterocycles. The smallest absolute Gasteiger partial charge is 0.433 e. The summed E-state index contributed by atoms with van der Waals surface area (Å²) >= 11 is 0. The summed E-state index contributed by atoms with van der Waals surface area (Å²) < 4.78 is 63.0. The Hall–Kier alpha value is -3.69. The first kappa shape index (κ1) is 21.0. The number of alkyl halides is 3. The number of benzene rings is 1. The highest BCUT2D eigenvalue weighted by molar-refractivity contribution is 5.92. The maximum atomic E-state index is 14.6. The van der Waals surface area contributed by atoms with E-state index in [1.807, 2.05) is 0 Å². The molecule has 6 nitrogen and oxygen atoms in total. The maximum absolute atomic E-state index is 14.6. The summed E-state index contributed by atoms with van der Waals surface area (Å²) in [5.41, 5.74) is 4.76. The van der Waals surface area contributed by atoms with E-state index in [0.717, 1.165) is 18.3 Å². The standard InChI is InChI=1S/C20H15F4N3O3/c1-29-12-3-4-13(15(21)6-12)14-7-16(19(25)28)26-9-17(14)30-10-11-2-5-18(27-8-11)20(22,23)24/h2-9H,10H2,1H3,(H2,25,28). The van der Waals surface area contributed by atoms with E-state index in [1.54, 1.807) is 0 Å². The first-order chi connectivity index (χ1) is 14.2. The van der Waals surface area contributed by atoms with E-state index in [4.69, 9.17) is 15.2 Å². The molecule has 0 aliphatic rings. The lowest BCUT2D eigenvalue weighted by atomic mass is 10.0. The summed E-state index contributed by atoms with van der Waals surface area (Å²) in [6, 6.07) is 7.43. The largest absolute Gasteiger partial charge is 0.497 e. The van der Waals surface area contributed by atoms with E-state index in [1.165, 1.54) is 37.6 Å². The molecule has 10 heteroatoms. The Morgan fingerprint density at radius 2 is 1.83 bits per heavy atom. The molecule has 0 spiro atoms. The summed E-state index contributed by atoms with van der Waals surface area (Å²) in [7, 11) is 1.39. The molecule has 156 valence electrons. The Bertz CT molecular complexity index is 1070. The van der Waals surface area contributed by atoms with Crippen molar-refractivity contribution in [3.63, 3.8) is 0 Å². The Morgan fingerprint density at radius 1 is 1.07 bits per heavy atom. The number of ether oxygens (including phenoxy) is 2. The van der Waals surface area contributed by atoms with Gasteiger partial charge in [-0.15, -0.1) is 0 Å². The molecule has 1 amide bonds. The highest BCUT2D eigenvalue weighted by atomic mass is 19.4. The number of amides is 1. The summed E-state index contributed by atoms with van der Waals surface area (Å²) in [5.74, 6) is -1.07. The van der Waals surface area contributed by atoms with Crippen LogP contribution in [0, 0.1) is 5.82 Å². The van der Waals surface area contributed by atoms with Gasteiger partial charge in [-0.05, 0) is 24.3 Å². The van der Waals surface area contributed by atoms with E-state index in [2.05, 4.69) is 9.97 Å². The van der Waals surface area contributed by atoms with Gasteiger partial charge in [-0.2, -0.15) is 13.2 Å². The number of methoxy groups -OCH3 is 1. The molecular weight excluding hydrogens is 406 g/mol. The highest BCUT2D eigenvalue weighted by Crippen LogP contribution is 2.34. The Balaban J connectivity index is 1.92. The molecule has 0 bridgehead atoms. The summed E-state index contributed by atoms with van der Waals surface area (Å²) in [6.45, 7) is -0.159. The van der Waals surface area contributed by atoms with Crippen molar-refractivity contribution in [1.29, 1.82) is 0 Å². The number of hydrogen-bond donors (Lipinski definition) is 1. The number of primary amides is 1. The molecule has 0 unspecified atom stereocenters. The zero-order valence-electron chi connectivity index (χ0n) is 15.5. The monoisotopic (exact) mass is 421 g/mol. The average Bonchev–Trinajstić information content (AvgIpc) is 2.71. The Labute approximate surface area is 168 Å². The summed E-state index contributed by atoms with van der Waals surface area (Å²) in [5, 5.41) is 0. The van der Waals surface area contributed by atoms with Gasteiger partial charge in [-0.1, -0.05) is 6.07 Å². The third kappa shape index (κ3) is 4.65. The van der Waals surface area contributed by atoms with Crippen molar-refractivity contribution < 1.29 is 31.8 Å². The minimum absolute atomic E-state index is 0.0984. The van der Waals surface area contributed by atoms with Gasteiger partial charge in [0.2, 0.25) is 0 Å². The first-order valence-corrected chi connectivity index (χ1v) is 8.47. The minimum Gasteiger partial charge on any atom is -0.497 e. The first-order valence-electron chi connectivity index (χ1n) is 8.47. The Kier molecular flexibility index (Phi) is 5.86. The number of carbonyl (C=O) groups is 1. The lowest BCUT2D eigenvalue weighted by Crippen LogP contribution is -2.13. The van der Waals surface area contributed by atoms with Crippen LogP contribution in [0.3, 0.4) is 0 Å². The van der Waals surface area contributed by atoms with Crippen molar-refractivity contribution in [2.75, 3.05) is 7.11 Å². The fourth-order valence-corrected chi connectivity index (χ4v) is 2.58. The topological polar surface area (TPSA) is 87.3 Å². The molecule has 0 saturated carbocycles. The van der Waals surface area contributed by atoms with Gasteiger partial charge in [0, 0.05) is 29.0 Å². The number of hydrogen-bond acceptors (Lipinski definition) is 5. The average molecular weight is 421 g/mol. The normalized spacial score (nSPS) is 11.2. The van der Waals surface area contributed by atoms with E-state index in [0.29, 0.717) is 11.3 Å². The summed E-state index contributed by atoms with van der Waals surface area (Å²) in [6.07, 6.45) is -2.33. The summed E-state index contributed by atoms with van der Waals surface area (Å²) in [4.78, 5) is 18.7. The lowest BCUT2D eigenvalue weighted by Gasteiger charge is -2.14. The van der Waals surface area contributed by atoms with Crippen LogP contribution in [0.25, 0.3) is 11.1 Å². The number of carbonyl (C=O) groups excluding carboxylic acids is 1. The van der Waals surface area contributed by atoms with Crippen LogP contribution in [0.4, 0.5) is 17.6 Å². The predicted octanol–water partition coefficient (Wildman–Crippen LogP) is 3.99. The quantitative estimate of drug-likeness (QED) is 0.609. The van der Waals surface area contributed by atoms with Crippen molar-refractivity contribution in [3.8, 4) is 22.6 Å².